The van der Waals surface area contributed by atoms with Crippen LogP contribution in [0.4, 0.5) is 0 Å². The predicted molar refractivity (Wildman–Crippen MR) is 48.8 cm³/mol. The molecule has 0 aliphatic heterocycles. The maximum Gasteiger partial charge on any atom is 0.0711 e. The van der Waals surface area contributed by atoms with Gasteiger partial charge in [0.2, 0.25) is 0 Å². The highest BCUT2D eigenvalue weighted by atomic mass is 32.1. The van der Waals surface area contributed by atoms with Crippen molar-refractivity contribution >= 4 is 11.5 Å². The van der Waals surface area contributed by atoms with E-state index in [9.17, 15) is 0 Å². The molecule has 0 bridgehead atoms. The van der Waals surface area contributed by atoms with E-state index in [4.69, 9.17) is 0 Å². The minimum atomic E-state index is 0.450. The zero-order chi connectivity index (χ0) is 8.10. The molecule has 3 heteroatoms. The number of aromatic nitrogens is 1. The lowest BCUT2D eigenvalue weighted by molar-refractivity contribution is 0.533. The summed E-state index contributed by atoms with van der Waals surface area (Å²) in [6.07, 6.45) is 2.36. The van der Waals surface area contributed by atoms with E-state index in [-0.39, 0.29) is 0 Å². The van der Waals surface area contributed by atoms with Gasteiger partial charge in [0.05, 0.1) is 11.7 Å². The van der Waals surface area contributed by atoms with Gasteiger partial charge in [-0.1, -0.05) is 13.3 Å². The van der Waals surface area contributed by atoms with Gasteiger partial charge in [0.15, 0.2) is 0 Å². The first-order valence-corrected chi connectivity index (χ1v) is 4.79. The molecule has 0 radical (unpaired) electrons. The van der Waals surface area contributed by atoms with E-state index in [2.05, 4.69) is 22.7 Å². The van der Waals surface area contributed by atoms with E-state index >= 15 is 0 Å². The first-order chi connectivity index (χ1) is 5.38. The smallest absolute Gasteiger partial charge is 0.0711 e. The molecule has 1 aromatic rings. The summed E-state index contributed by atoms with van der Waals surface area (Å²) in [5, 5.41) is 5.27. The molecule has 0 aliphatic carbocycles. The Labute approximate surface area is 71.8 Å². The summed E-state index contributed by atoms with van der Waals surface area (Å²) in [6.45, 7) is 2.19. The van der Waals surface area contributed by atoms with Crippen molar-refractivity contribution in [1.29, 1.82) is 0 Å². The van der Waals surface area contributed by atoms with Crippen LogP contribution in [-0.4, -0.2) is 11.4 Å². The highest BCUT2D eigenvalue weighted by Crippen LogP contribution is 2.16. The third-order valence-electron chi connectivity index (χ3n) is 1.74. The number of hydrogen-bond donors (Lipinski definition) is 1. The van der Waals surface area contributed by atoms with E-state index in [1.54, 1.807) is 0 Å². The minimum absolute atomic E-state index is 0.450. The monoisotopic (exact) mass is 170 g/mol. The average Bonchev–Trinajstić information content (AvgIpc) is 2.52. The van der Waals surface area contributed by atoms with Crippen molar-refractivity contribution in [2.24, 2.45) is 0 Å². The van der Waals surface area contributed by atoms with Gasteiger partial charge in [-0.2, -0.15) is 4.37 Å². The van der Waals surface area contributed by atoms with Crippen LogP contribution < -0.4 is 5.32 Å². The first kappa shape index (κ1) is 8.68. The van der Waals surface area contributed by atoms with Gasteiger partial charge in [-0.25, -0.2) is 0 Å². The average molecular weight is 170 g/mol. The van der Waals surface area contributed by atoms with E-state index in [1.165, 1.54) is 30.1 Å². The molecule has 1 aromatic heterocycles. The normalized spacial score (nSPS) is 13.3. The first-order valence-electron chi connectivity index (χ1n) is 3.96. The van der Waals surface area contributed by atoms with E-state index in [0.717, 1.165) is 0 Å². The van der Waals surface area contributed by atoms with Crippen LogP contribution in [0.15, 0.2) is 11.4 Å². The SMILES string of the molecule is CCCC(NC)c1ccsn1. The quantitative estimate of drug-likeness (QED) is 0.749. The van der Waals surface area contributed by atoms with Crippen LogP contribution in [0.3, 0.4) is 0 Å². The minimum Gasteiger partial charge on any atom is -0.312 e. The van der Waals surface area contributed by atoms with Gasteiger partial charge in [-0.05, 0) is 31.1 Å². The molecule has 1 rings (SSSR count). The Morgan fingerprint density at radius 2 is 2.55 bits per heavy atom. The summed E-state index contributed by atoms with van der Waals surface area (Å²) in [7, 11) is 1.99. The summed E-state index contributed by atoms with van der Waals surface area (Å²) in [6, 6.07) is 2.54. The summed E-state index contributed by atoms with van der Waals surface area (Å²) < 4.78 is 4.29. The number of nitrogens with one attached hydrogen (secondary N) is 1. The predicted octanol–water partition coefficient (Wildman–Crippen LogP) is 2.20. The number of rotatable bonds is 4. The maximum atomic E-state index is 4.29. The lowest BCUT2D eigenvalue weighted by Crippen LogP contribution is -2.15. The Morgan fingerprint density at radius 3 is 3.00 bits per heavy atom. The van der Waals surface area contributed by atoms with Gasteiger partial charge in [0, 0.05) is 5.38 Å². The van der Waals surface area contributed by atoms with Crippen molar-refractivity contribution in [3.05, 3.63) is 17.1 Å². The standard InChI is InChI=1S/C8H14N2S/c1-3-4-7(9-2)8-5-6-11-10-8/h5-7,9H,3-4H2,1-2H3. The highest BCUT2D eigenvalue weighted by Gasteiger charge is 2.08. The fourth-order valence-corrected chi connectivity index (χ4v) is 1.70. The highest BCUT2D eigenvalue weighted by molar-refractivity contribution is 7.03. The molecule has 0 aliphatic rings. The van der Waals surface area contributed by atoms with Crippen LogP contribution in [0, 0.1) is 0 Å². The summed E-state index contributed by atoms with van der Waals surface area (Å²) >= 11 is 1.52. The van der Waals surface area contributed by atoms with Crippen molar-refractivity contribution in [3.63, 3.8) is 0 Å². The molecule has 0 fully saturated rings. The molecule has 1 N–H and O–H groups in total. The summed E-state index contributed by atoms with van der Waals surface area (Å²) in [4.78, 5) is 0. The Morgan fingerprint density at radius 1 is 1.73 bits per heavy atom. The van der Waals surface area contributed by atoms with Gasteiger partial charge < -0.3 is 5.32 Å². The lowest BCUT2D eigenvalue weighted by Gasteiger charge is -2.11. The van der Waals surface area contributed by atoms with Crippen molar-refractivity contribution in [3.8, 4) is 0 Å². The second kappa shape index (κ2) is 4.46. The fourth-order valence-electron chi connectivity index (χ4n) is 1.13. The molecule has 0 amide bonds. The van der Waals surface area contributed by atoms with Crippen molar-refractivity contribution in [1.82, 2.24) is 9.69 Å². The second-order valence-corrected chi connectivity index (χ2v) is 3.22. The molecule has 0 saturated heterocycles. The second-order valence-electron chi connectivity index (χ2n) is 2.55. The third-order valence-corrected chi connectivity index (χ3v) is 2.31. The van der Waals surface area contributed by atoms with Crippen LogP contribution >= 0.6 is 11.5 Å². The zero-order valence-electron chi connectivity index (χ0n) is 7.00. The Balaban J connectivity index is 2.56. The number of hydrogen-bond acceptors (Lipinski definition) is 3. The summed E-state index contributed by atoms with van der Waals surface area (Å²) in [5.41, 5.74) is 1.18. The molecule has 11 heavy (non-hydrogen) atoms. The Bertz CT molecular complexity index is 184. The zero-order valence-corrected chi connectivity index (χ0v) is 7.82. The van der Waals surface area contributed by atoms with E-state index < -0.39 is 0 Å². The van der Waals surface area contributed by atoms with Gasteiger partial charge in [-0.3, -0.25) is 0 Å². The molecule has 0 spiro atoms. The fraction of sp³-hybridized carbons (Fsp3) is 0.625. The van der Waals surface area contributed by atoms with Crippen molar-refractivity contribution in [2.75, 3.05) is 7.05 Å². The molecule has 1 atom stereocenters. The van der Waals surface area contributed by atoms with Crippen LogP contribution in [0.25, 0.3) is 0 Å². The largest absolute Gasteiger partial charge is 0.312 e. The Kier molecular flexibility index (Phi) is 3.52. The molecule has 2 nitrogen and oxygen atoms in total. The van der Waals surface area contributed by atoms with Gasteiger partial charge in [-0.15, -0.1) is 0 Å². The molecule has 1 unspecified atom stereocenters. The molecule has 62 valence electrons. The van der Waals surface area contributed by atoms with Gasteiger partial charge in [0.1, 0.15) is 0 Å². The van der Waals surface area contributed by atoms with Crippen molar-refractivity contribution in [2.45, 2.75) is 25.8 Å². The molecular weight excluding hydrogens is 156 g/mol. The molecule has 1 heterocycles. The van der Waals surface area contributed by atoms with Gasteiger partial charge in [0.25, 0.3) is 0 Å². The van der Waals surface area contributed by atoms with Crippen LogP contribution in [0.5, 0.6) is 0 Å². The van der Waals surface area contributed by atoms with Gasteiger partial charge >= 0.3 is 0 Å². The van der Waals surface area contributed by atoms with Crippen LogP contribution in [0.2, 0.25) is 0 Å². The van der Waals surface area contributed by atoms with Crippen LogP contribution in [-0.2, 0) is 0 Å². The lowest BCUT2D eigenvalue weighted by atomic mass is 10.1. The molecule has 0 saturated carbocycles. The molecule has 0 aromatic carbocycles. The maximum absolute atomic E-state index is 4.29. The van der Waals surface area contributed by atoms with Crippen LogP contribution in [0.1, 0.15) is 31.5 Å². The van der Waals surface area contributed by atoms with E-state index in [0.29, 0.717) is 6.04 Å². The topological polar surface area (TPSA) is 24.9 Å². The summed E-state index contributed by atoms with van der Waals surface area (Å²) in [5.74, 6) is 0. The third kappa shape index (κ3) is 2.27. The van der Waals surface area contributed by atoms with Crippen molar-refractivity contribution < 1.29 is 0 Å². The Hall–Kier alpha value is -0.410. The number of nitrogens with zero attached hydrogens (tertiary/aromatic N) is 1. The molecular formula is C8H14N2S. The van der Waals surface area contributed by atoms with E-state index in [1.807, 2.05) is 12.4 Å².